The van der Waals surface area contributed by atoms with Crippen LogP contribution in [0.2, 0.25) is 0 Å². The fraction of sp³-hybridized carbons (Fsp3) is 0.550. The maximum atomic E-state index is 12.9. The SMILES string of the molecule is Cc1cc(CN(C[C@H]2CN(C)CCO2)C(=O)CCc2ccoc2)c(C)[nH]1. The highest BCUT2D eigenvalue weighted by Gasteiger charge is 2.24. The number of hydrogen-bond donors (Lipinski definition) is 1. The van der Waals surface area contributed by atoms with Gasteiger partial charge >= 0.3 is 0 Å². The summed E-state index contributed by atoms with van der Waals surface area (Å²) in [6.07, 6.45) is 4.59. The number of rotatable bonds is 7. The van der Waals surface area contributed by atoms with Crippen LogP contribution < -0.4 is 0 Å². The molecule has 3 rings (SSSR count). The molecule has 1 aliphatic heterocycles. The van der Waals surface area contributed by atoms with Gasteiger partial charge in [0.05, 0.1) is 25.2 Å². The molecule has 0 spiro atoms. The maximum absolute atomic E-state index is 12.9. The second-order valence-electron chi connectivity index (χ2n) is 7.26. The lowest BCUT2D eigenvalue weighted by molar-refractivity contribution is -0.135. The summed E-state index contributed by atoms with van der Waals surface area (Å²) < 4.78 is 11.0. The van der Waals surface area contributed by atoms with Crippen LogP contribution in [0.5, 0.6) is 0 Å². The molecular formula is C20H29N3O3. The van der Waals surface area contributed by atoms with E-state index in [1.54, 1.807) is 12.5 Å². The van der Waals surface area contributed by atoms with E-state index in [1.165, 1.54) is 5.56 Å². The Morgan fingerprint density at radius 3 is 2.92 bits per heavy atom. The molecule has 0 aliphatic carbocycles. The van der Waals surface area contributed by atoms with Crippen LogP contribution in [0.25, 0.3) is 0 Å². The van der Waals surface area contributed by atoms with Gasteiger partial charge in [0, 0.05) is 44.0 Å². The molecular weight excluding hydrogens is 330 g/mol. The minimum absolute atomic E-state index is 0.0620. The van der Waals surface area contributed by atoms with Crippen molar-refractivity contribution in [3.8, 4) is 0 Å². The summed E-state index contributed by atoms with van der Waals surface area (Å²) >= 11 is 0. The van der Waals surface area contributed by atoms with E-state index in [9.17, 15) is 4.79 Å². The quantitative estimate of drug-likeness (QED) is 0.825. The monoisotopic (exact) mass is 359 g/mol. The van der Waals surface area contributed by atoms with Gasteiger partial charge in [-0.05, 0) is 50.6 Å². The van der Waals surface area contributed by atoms with E-state index in [4.69, 9.17) is 9.15 Å². The molecule has 1 amide bonds. The van der Waals surface area contributed by atoms with E-state index in [-0.39, 0.29) is 12.0 Å². The smallest absolute Gasteiger partial charge is 0.223 e. The van der Waals surface area contributed by atoms with Gasteiger partial charge in [-0.25, -0.2) is 0 Å². The molecule has 0 bridgehead atoms. The Morgan fingerprint density at radius 1 is 1.42 bits per heavy atom. The Morgan fingerprint density at radius 2 is 2.27 bits per heavy atom. The average molecular weight is 359 g/mol. The van der Waals surface area contributed by atoms with Gasteiger partial charge in [0.15, 0.2) is 0 Å². The summed E-state index contributed by atoms with van der Waals surface area (Å²) in [7, 11) is 2.10. The minimum Gasteiger partial charge on any atom is -0.472 e. The van der Waals surface area contributed by atoms with Crippen LogP contribution in [0.3, 0.4) is 0 Å². The molecule has 1 saturated heterocycles. The zero-order chi connectivity index (χ0) is 18.5. The molecule has 26 heavy (non-hydrogen) atoms. The standard InChI is InChI=1S/C20H29N3O3/c1-15-10-18(16(2)21-15)11-23(13-19-12-22(3)7-9-26-19)20(24)5-4-17-6-8-25-14-17/h6,8,10,14,19,21H,4-5,7,9,11-13H2,1-3H3/t19-/m1/s1. The molecule has 2 aromatic heterocycles. The molecule has 6 nitrogen and oxygen atoms in total. The zero-order valence-electron chi connectivity index (χ0n) is 16.0. The maximum Gasteiger partial charge on any atom is 0.223 e. The first-order chi connectivity index (χ1) is 12.5. The number of ether oxygens (including phenoxy) is 1. The molecule has 0 saturated carbocycles. The number of nitrogens with zero attached hydrogens (tertiary/aromatic N) is 2. The number of carbonyl (C=O) groups excluding carboxylic acids is 1. The van der Waals surface area contributed by atoms with Crippen molar-refractivity contribution in [2.75, 3.05) is 33.3 Å². The largest absolute Gasteiger partial charge is 0.472 e. The van der Waals surface area contributed by atoms with Gasteiger partial charge in [-0.3, -0.25) is 4.79 Å². The fourth-order valence-electron chi connectivity index (χ4n) is 3.47. The molecule has 1 fully saturated rings. The van der Waals surface area contributed by atoms with Crippen LogP contribution in [-0.2, 0) is 22.5 Å². The van der Waals surface area contributed by atoms with Gasteiger partial charge in [-0.15, -0.1) is 0 Å². The number of H-pyrrole nitrogens is 1. The number of morpholine rings is 1. The van der Waals surface area contributed by atoms with E-state index in [1.807, 2.05) is 17.9 Å². The topological polar surface area (TPSA) is 61.7 Å². The molecule has 142 valence electrons. The summed E-state index contributed by atoms with van der Waals surface area (Å²) in [4.78, 5) is 20.5. The average Bonchev–Trinajstić information content (AvgIpc) is 3.22. The Kier molecular flexibility index (Phi) is 6.16. The molecule has 2 aromatic rings. The van der Waals surface area contributed by atoms with Crippen molar-refractivity contribution in [1.82, 2.24) is 14.8 Å². The van der Waals surface area contributed by atoms with Crippen molar-refractivity contribution in [2.24, 2.45) is 0 Å². The van der Waals surface area contributed by atoms with Crippen molar-refractivity contribution in [2.45, 2.75) is 39.3 Å². The van der Waals surface area contributed by atoms with Crippen LogP contribution >= 0.6 is 0 Å². The number of likely N-dealkylation sites (N-methyl/N-ethyl adjacent to an activating group) is 1. The van der Waals surface area contributed by atoms with Crippen molar-refractivity contribution in [3.63, 3.8) is 0 Å². The summed E-state index contributed by atoms with van der Waals surface area (Å²) in [6.45, 7) is 7.86. The third kappa shape index (κ3) is 4.99. The Balaban J connectivity index is 1.67. The van der Waals surface area contributed by atoms with E-state index in [2.05, 4.69) is 29.9 Å². The predicted molar refractivity (Wildman–Crippen MR) is 99.9 cm³/mol. The van der Waals surface area contributed by atoms with Gasteiger partial charge in [-0.2, -0.15) is 0 Å². The summed E-state index contributed by atoms with van der Waals surface area (Å²) in [5.41, 5.74) is 4.47. The van der Waals surface area contributed by atoms with Gasteiger partial charge in [-0.1, -0.05) is 0 Å². The molecule has 3 heterocycles. The number of nitrogens with one attached hydrogen (secondary N) is 1. The first kappa shape index (κ1) is 18.7. The van der Waals surface area contributed by atoms with Crippen LogP contribution in [0.4, 0.5) is 0 Å². The fourth-order valence-corrected chi connectivity index (χ4v) is 3.47. The molecule has 1 N–H and O–H groups in total. The number of aromatic nitrogens is 1. The van der Waals surface area contributed by atoms with Crippen molar-refractivity contribution in [3.05, 3.63) is 47.2 Å². The van der Waals surface area contributed by atoms with Crippen molar-refractivity contribution < 1.29 is 13.9 Å². The second-order valence-corrected chi connectivity index (χ2v) is 7.26. The summed E-state index contributed by atoms with van der Waals surface area (Å²) in [5.74, 6) is 0.154. The first-order valence-electron chi connectivity index (χ1n) is 9.25. The highest BCUT2D eigenvalue weighted by Crippen LogP contribution is 2.16. The lowest BCUT2D eigenvalue weighted by Crippen LogP contribution is -2.47. The Bertz CT molecular complexity index is 708. The lowest BCUT2D eigenvalue weighted by atomic mass is 10.1. The third-order valence-electron chi connectivity index (χ3n) is 4.94. The summed E-state index contributed by atoms with van der Waals surface area (Å²) in [5, 5.41) is 0. The van der Waals surface area contributed by atoms with Crippen molar-refractivity contribution >= 4 is 5.91 Å². The summed E-state index contributed by atoms with van der Waals surface area (Å²) in [6, 6.07) is 4.04. The van der Waals surface area contributed by atoms with E-state index < -0.39 is 0 Å². The van der Waals surface area contributed by atoms with Gasteiger partial charge in [0.1, 0.15) is 0 Å². The number of aryl methyl sites for hydroxylation is 3. The number of furan rings is 1. The molecule has 0 aromatic carbocycles. The van der Waals surface area contributed by atoms with E-state index in [0.717, 1.165) is 36.6 Å². The minimum atomic E-state index is 0.0620. The number of carbonyl (C=O) groups is 1. The highest BCUT2D eigenvalue weighted by atomic mass is 16.5. The Hall–Kier alpha value is -2.05. The third-order valence-corrected chi connectivity index (χ3v) is 4.94. The normalized spacial score (nSPS) is 18.2. The molecule has 0 unspecified atom stereocenters. The molecule has 6 heteroatoms. The van der Waals surface area contributed by atoms with Gasteiger partial charge < -0.3 is 23.9 Å². The van der Waals surface area contributed by atoms with Gasteiger partial charge in [0.2, 0.25) is 5.91 Å². The predicted octanol–water partition coefficient (Wildman–Crippen LogP) is 2.52. The zero-order valence-corrected chi connectivity index (χ0v) is 16.0. The van der Waals surface area contributed by atoms with Gasteiger partial charge in [0.25, 0.3) is 0 Å². The van der Waals surface area contributed by atoms with Crippen LogP contribution in [0.1, 0.15) is 28.9 Å². The molecule has 0 radical (unpaired) electrons. The van der Waals surface area contributed by atoms with Crippen LogP contribution in [0, 0.1) is 13.8 Å². The first-order valence-corrected chi connectivity index (χ1v) is 9.25. The van der Waals surface area contributed by atoms with Crippen LogP contribution in [0.15, 0.2) is 29.1 Å². The molecule has 1 aliphatic rings. The highest BCUT2D eigenvalue weighted by molar-refractivity contribution is 5.76. The molecule has 1 atom stereocenters. The second kappa shape index (κ2) is 8.56. The number of amides is 1. The number of aromatic amines is 1. The van der Waals surface area contributed by atoms with Crippen molar-refractivity contribution in [1.29, 1.82) is 0 Å². The van der Waals surface area contributed by atoms with E-state index >= 15 is 0 Å². The number of hydrogen-bond acceptors (Lipinski definition) is 4. The lowest BCUT2D eigenvalue weighted by Gasteiger charge is -2.34. The Labute approximate surface area is 155 Å². The van der Waals surface area contributed by atoms with Crippen LogP contribution in [-0.4, -0.2) is 60.1 Å². The van der Waals surface area contributed by atoms with E-state index in [0.29, 0.717) is 25.9 Å².